The van der Waals surface area contributed by atoms with E-state index in [1.165, 1.54) is 23.5 Å². The van der Waals surface area contributed by atoms with E-state index in [9.17, 15) is 4.39 Å². The van der Waals surface area contributed by atoms with Gasteiger partial charge >= 0.3 is 0 Å². The Morgan fingerprint density at radius 1 is 1.00 bits per heavy atom. The van der Waals surface area contributed by atoms with Crippen LogP contribution in [0.3, 0.4) is 0 Å². The van der Waals surface area contributed by atoms with Gasteiger partial charge in [0.05, 0.1) is 4.88 Å². The molecule has 0 bridgehead atoms. The van der Waals surface area contributed by atoms with Crippen molar-refractivity contribution in [1.29, 1.82) is 0 Å². The van der Waals surface area contributed by atoms with Crippen LogP contribution in [0.1, 0.15) is 5.56 Å². The Kier molecular flexibility index (Phi) is 4.88. The summed E-state index contributed by atoms with van der Waals surface area (Å²) in [5, 5.41) is 4.51. The Hall–Kier alpha value is -2.76. The van der Waals surface area contributed by atoms with Gasteiger partial charge in [-0.3, -0.25) is 4.98 Å². The minimum atomic E-state index is -0.290. The van der Waals surface area contributed by atoms with Crippen molar-refractivity contribution in [2.45, 2.75) is 6.92 Å². The number of halogens is 2. The number of aryl methyl sites for hydroxylation is 1. The van der Waals surface area contributed by atoms with Crippen LogP contribution in [0.2, 0.25) is 5.02 Å². The summed E-state index contributed by atoms with van der Waals surface area (Å²) in [6.07, 6.45) is 5.36. The highest BCUT2D eigenvalue weighted by molar-refractivity contribution is 7.19. The summed E-state index contributed by atoms with van der Waals surface area (Å²) in [5.41, 5.74) is 4.64. The van der Waals surface area contributed by atoms with Crippen LogP contribution >= 0.6 is 22.9 Å². The average molecular weight is 396 g/mol. The number of pyridine rings is 1. The lowest BCUT2D eigenvalue weighted by Gasteiger charge is -2.09. The van der Waals surface area contributed by atoms with Gasteiger partial charge in [-0.25, -0.2) is 9.37 Å². The molecule has 2 heterocycles. The predicted octanol–water partition coefficient (Wildman–Crippen LogP) is 6.72. The number of aromatic nitrogens is 2. The van der Waals surface area contributed by atoms with Crippen LogP contribution in [0.25, 0.3) is 21.6 Å². The van der Waals surface area contributed by atoms with E-state index >= 15 is 0 Å². The topological polar surface area (TPSA) is 37.8 Å². The predicted molar refractivity (Wildman–Crippen MR) is 110 cm³/mol. The number of nitrogens with zero attached hydrogens (tertiary/aromatic N) is 2. The quantitative estimate of drug-likeness (QED) is 0.417. The Labute approximate surface area is 165 Å². The second-order valence-corrected chi connectivity index (χ2v) is 7.51. The first-order chi connectivity index (χ1) is 13.1. The molecule has 2 aromatic carbocycles. The summed E-state index contributed by atoms with van der Waals surface area (Å²) in [5.74, 6) is -0.290. The minimum Gasteiger partial charge on any atom is -0.331 e. The number of nitrogens with one attached hydrogen (secondary N) is 1. The van der Waals surface area contributed by atoms with Crippen LogP contribution in [-0.4, -0.2) is 9.97 Å². The van der Waals surface area contributed by atoms with Crippen molar-refractivity contribution in [2.24, 2.45) is 0 Å². The van der Waals surface area contributed by atoms with E-state index in [2.05, 4.69) is 15.3 Å². The third kappa shape index (κ3) is 3.84. The van der Waals surface area contributed by atoms with Gasteiger partial charge in [0.1, 0.15) is 5.82 Å². The van der Waals surface area contributed by atoms with Crippen LogP contribution in [0.5, 0.6) is 0 Å². The Morgan fingerprint density at radius 2 is 1.89 bits per heavy atom. The van der Waals surface area contributed by atoms with E-state index in [1.807, 2.05) is 37.4 Å². The molecule has 0 fully saturated rings. The number of thiazole rings is 1. The molecule has 0 aliphatic heterocycles. The van der Waals surface area contributed by atoms with Crippen LogP contribution in [0.4, 0.5) is 15.2 Å². The maximum Gasteiger partial charge on any atom is 0.187 e. The largest absolute Gasteiger partial charge is 0.331 e. The SMILES string of the molecule is Cc1ccc(-c2cnccc2-c2cnc(Nc3cccc(F)c3)s2)c(Cl)c1. The lowest BCUT2D eigenvalue weighted by molar-refractivity contribution is 0.628. The first-order valence-corrected chi connectivity index (χ1v) is 9.49. The summed E-state index contributed by atoms with van der Waals surface area (Å²) < 4.78 is 13.4. The van der Waals surface area contributed by atoms with Crippen molar-refractivity contribution in [3.05, 3.63) is 83.5 Å². The summed E-state index contributed by atoms with van der Waals surface area (Å²) >= 11 is 7.95. The highest BCUT2D eigenvalue weighted by Crippen LogP contribution is 2.39. The number of anilines is 2. The van der Waals surface area contributed by atoms with Gasteiger partial charge in [-0.05, 0) is 42.8 Å². The van der Waals surface area contributed by atoms with Crippen molar-refractivity contribution in [1.82, 2.24) is 9.97 Å². The Bertz CT molecular complexity index is 1110. The fourth-order valence-corrected chi connectivity index (χ4v) is 4.02. The van der Waals surface area contributed by atoms with Crippen molar-refractivity contribution < 1.29 is 4.39 Å². The number of hydrogen-bond donors (Lipinski definition) is 1. The molecule has 1 N–H and O–H groups in total. The zero-order valence-corrected chi connectivity index (χ0v) is 16.0. The molecule has 2 aromatic heterocycles. The molecule has 0 spiro atoms. The van der Waals surface area contributed by atoms with E-state index in [0.29, 0.717) is 15.8 Å². The third-order valence-corrected chi connectivity index (χ3v) is 5.34. The smallest absolute Gasteiger partial charge is 0.187 e. The van der Waals surface area contributed by atoms with Crippen LogP contribution in [0.15, 0.2) is 67.1 Å². The molecular weight excluding hydrogens is 381 g/mol. The number of rotatable bonds is 4. The van der Waals surface area contributed by atoms with Crippen molar-refractivity contribution >= 4 is 33.8 Å². The van der Waals surface area contributed by atoms with E-state index in [4.69, 9.17) is 11.6 Å². The van der Waals surface area contributed by atoms with Gasteiger partial charge in [0, 0.05) is 46.0 Å². The maximum absolute atomic E-state index is 13.4. The summed E-state index contributed by atoms with van der Waals surface area (Å²) in [4.78, 5) is 9.66. The Morgan fingerprint density at radius 3 is 2.70 bits per heavy atom. The molecule has 0 atom stereocenters. The second-order valence-electron chi connectivity index (χ2n) is 6.07. The van der Waals surface area contributed by atoms with Gasteiger partial charge in [0.25, 0.3) is 0 Å². The van der Waals surface area contributed by atoms with Crippen molar-refractivity contribution in [3.63, 3.8) is 0 Å². The van der Waals surface area contributed by atoms with Crippen LogP contribution in [0, 0.1) is 12.7 Å². The molecule has 0 aliphatic rings. The fraction of sp³-hybridized carbons (Fsp3) is 0.0476. The number of benzene rings is 2. The van der Waals surface area contributed by atoms with E-state index in [1.54, 1.807) is 24.5 Å². The standard InChI is InChI=1S/C21H15ClFN3S/c1-13-5-6-16(19(22)9-13)18-11-24-8-7-17(18)20-12-25-21(27-20)26-15-4-2-3-14(23)10-15/h2-12H,1H3,(H,25,26). The first-order valence-electron chi connectivity index (χ1n) is 8.29. The summed E-state index contributed by atoms with van der Waals surface area (Å²) in [6, 6.07) is 14.2. The van der Waals surface area contributed by atoms with Gasteiger partial charge in [0.2, 0.25) is 0 Å². The molecule has 4 rings (SSSR count). The van der Waals surface area contributed by atoms with E-state index < -0.39 is 0 Å². The van der Waals surface area contributed by atoms with E-state index in [-0.39, 0.29) is 5.82 Å². The highest BCUT2D eigenvalue weighted by atomic mass is 35.5. The van der Waals surface area contributed by atoms with Gasteiger partial charge < -0.3 is 5.32 Å². The molecule has 0 unspecified atom stereocenters. The average Bonchev–Trinajstić information content (AvgIpc) is 3.10. The monoisotopic (exact) mass is 395 g/mol. The molecule has 0 saturated heterocycles. The third-order valence-electron chi connectivity index (χ3n) is 4.08. The number of hydrogen-bond acceptors (Lipinski definition) is 4. The molecule has 27 heavy (non-hydrogen) atoms. The molecule has 0 amide bonds. The van der Waals surface area contributed by atoms with Crippen LogP contribution in [-0.2, 0) is 0 Å². The molecule has 4 aromatic rings. The molecule has 134 valence electrons. The van der Waals surface area contributed by atoms with Crippen LogP contribution < -0.4 is 5.32 Å². The second kappa shape index (κ2) is 7.47. The van der Waals surface area contributed by atoms with Crippen molar-refractivity contribution in [3.8, 4) is 21.6 Å². The summed E-state index contributed by atoms with van der Waals surface area (Å²) in [7, 11) is 0. The fourth-order valence-electron chi connectivity index (χ4n) is 2.81. The highest BCUT2D eigenvalue weighted by Gasteiger charge is 2.13. The molecular formula is C21H15ClFN3S. The zero-order valence-electron chi connectivity index (χ0n) is 14.4. The van der Waals surface area contributed by atoms with Gasteiger partial charge in [0.15, 0.2) is 5.13 Å². The molecule has 0 radical (unpaired) electrons. The zero-order chi connectivity index (χ0) is 18.8. The molecule has 6 heteroatoms. The lowest BCUT2D eigenvalue weighted by Crippen LogP contribution is -1.89. The van der Waals surface area contributed by atoms with Gasteiger partial charge in [-0.1, -0.05) is 41.1 Å². The summed E-state index contributed by atoms with van der Waals surface area (Å²) in [6.45, 7) is 2.01. The van der Waals surface area contributed by atoms with Crippen molar-refractivity contribution in [2.75, 3.05) is 5.32 Å². The molecule has 0 aliphatic carbocycles. The normalized spacial score (nSPS) is 10.8. The molecule has 3 nitrogen and oxygen atoms in total. The molecule has 0 saturated carbocycles. The maximum atomic E-state index is 13.4. The Balaban J connectivity index is 1.70. The minimum absolute atomic E-state index is 0.290. The van der Waals surface area contributed by atoms with E-state index in [0.717, 1.165) is 27.1 Å². The van der Waals surface area contributed by atoms with Gasteiger partial charge in [-0.2, -0.15) is 0 Å². The first kappa shape index (κ1) is 17.6. The lowest BCUT2D eigenvalue weighted by atomic mass is 10.0. The van der Waals surface area contributed by atoms with Gasteiger partial charge in [-0.15, -0.1) is 0 Å².